The van der Waals surface area contributed by atoms with Gasteiger partial charge in [0.25, 0.3) is 0 Å². The van der Waals surface area contributed by atoms with Gasteiger partial charge in [0.15, 0.2) is 0 Å². The summed E-state index contributed by atoms with van der Waals surface area (Å²) in [6.45, 7) is 13.2. The Hall–Kier alpha value is -0.303. The van der Waals surface area contributed by atoms with Crippen LogP contribution in [0.5, 0.6) is 0 Å². The first kappa shape index (κ1) is 37.8. The van der Waals surface area contributed by atoms with Crippen molar-refractivity contribution in [2.75, 3.05) is 26.7 Å². The van der Waals surface area contributed by atoms with Gasteiger partial charge in [-0.3, -0.25) is 0 Å². The molecule has 0 saturated carbocycles. The maximum absolute atomic E-state index is 4.61. The van der Waals surface area contributed by atoms with Crippen LogP contribution in [0.4, 0.5) is 0 Å². The first-order chi connectivity index (χ1) is 17.4. The molecule has 4 aromatic carbocycles. The quantitative estimate of drug-likeness (QED) is 0.139. The summed E-state index contributed by atoms with van der Waals surface area (Å²) in [6.07, 6.45) is 0. The van der Waals surface area contributed by atoms with Gasteiger partial charge in [-0.15, -0.1) is 0 Å². The van der Waals surface area contributed by atoms with Crippen LogP contribution in [0.1, 0.15) is 11.1 Å². The topological polar surface area (TPSA) is 0 Å². The van der Waals surface area contributed by atoms with Gasteiger partial charge in [-0.05, 0) is 37.3 Å². The van der Waals surface area contributed by atoms with E-state index in [0.717, 1.165) is 0 Å². The molecule has 0 nitrogen and oxygen atoms in total. The fraction of sp³-hybridized carbons (Fsp3) is 0.200. The molecule has 6 heteroatoms. The van der Waals surface area contributed by atoms with Crippen molar-refractivity contribution < 1.29 is 37.5 Å². The second-order valence-corrected chi connectivity index (χ2v) is 12.2. The molecule has 4 rings (SSSR count). The molecule has 0 aliphatic rings. The third-order valence-electron chi connectivity index (χ3n) is 4.27. The molecule has 0 saturated heterocycles. The summed E-state index contributed by atoms with van der Waals surface area (Å²) in [7, 11) is 9.43. The first-order valence-corrected chi connectivity index (χ1v) is 21.0. The molecule has 0 N–H and O–H groups in total. The van der Waals surface area contributed by atoms with Crippen molar-refractivity contribution in [3.63, 3.8) is 0 Å². The van der Waals surface area contributed by atoms with Crippen LogP contribution in [-0.4, -0.2) is 26.7 Å². The van der Waals surface area contributed by atoms with E-state index in [1.165, 1.54) is 21.7 Å². The van der Waals surface area contributed by atoms with Crippen LogP contribution < -0.4 is 10.6 Å². The molecule has 0 radical (unpaired) electrons. The van der Waals surface area contributed by atoms with Gasteiger partial charge in [-0.25, -0.2) is 0 Å². The molecule has 0 amide bonds. The van der Waals surface area contributed by atoms with Crippen molar-refractivity contribution in [3.05, 3.63) is 132 Å². The molecule has 0 unspecified atom stereocenters. The predicted molar refractivity (Wildman–Crippen MR) is 161 cm³/mol. The van der Waals surface area contributed by atoms with Gasteiger partial charge in [-0.2, -0.15) is 71.8 Å². The normalized spacial score (nSPS) is 8.83. The summed E-state index contributed by atoms with van der Waals surface area (Å²) in [5, 5.41) is 2.96. The Balaban J connectivity index is 0. The van der Waals surface area contributed by atoms with Gasteiger partial charge < -0.3 is 0 Å². The van der Waals surface area contributed by atoms with E-state index in [9.17, 15) is 0 Å². The Morgan fingerprint density at radius 3 is 0.944 bits per heavy atom. The monoisotopic (exact) mass is 918 g/mol. The fourth-order valence-corrected chi connectivity index (χ4v) is 3.96. The maximum atomic E-state index is 4.61. The number of aryl methyl sites for hydroxylation is 2. The number of hydrogen-bond acceptors (Lipinski definition) is 0. The second kappa shape index (κ2) is 27.7. The van der Waals surface area contributed by atoms with Crippen molar-refractivity contribution in [2.45, 2.75) is 13.8 Å². The molecule has 0 aromatic heterocycles. The molecule has 0 heterocycles. The standard InChI is InChI=1S/2C8H11P.2C7H7.2ClH.2Pt/c2*1-9(2)8-6-4-3-5-7-8;2*1-7-5-3-2-4-6-7;;;;/h2*3-7H,1-2H3;2*2-3,5-6H,1H3;2*1H;;/q;;2*-1;;;2*+2/p-2. The Morgan fingerprint density at radius 1 is 0.500 bits per heavy atom. The van der Waals surface area contributed by atoms with E-state index in [-0.39, 0.29) is 15.8 Å². The van der Waals surface area contributed by atoms with Crippen LogP contribution >= 0.6 is 34.7 Å². The summed E-state index contributed by atoms with van der Waals surface area (Å²) in [5.74, 6) is 0. The average Bonchev–Trinajstić information content (AvgIpc) is 2.94. The predicted octanol–water partition coefficient (Wildman–Crippen LogP) is 9.07. The number of benzene rings is 4. The number of rotatable bonds is 2. The van der Waals surface area contributed by atoms with Crippen LogP contribution in [0.15, 0.2) is 109 Å². The fourth-order valence-electron chi connectivity index (χ4n) is 2.42. The van der Waals surface area contributed by atoms with E-state index in [0.29, 0.717) is 0 Å². The molecule has 0 spiro atoms. The van der Waals surface area contributed by atoms with E-state index < -0.39 is 0 Å². The van der Waals surface area contributed by atoms with Crippen molar-refractivity contribution in [1.29, 1.82) is 0 Å². The zero-order chi connectivity index (χ0) is 27.6. The molecule has 0 fully saturated rings. The molecule has 0 atom stereocenters. The molecule has 36 heavy (non-hydrogen) atoms. The van der Waals surface area contributed by atoms with E-state index in [4.69, 9.17) is 0 Å². The van der Waals surface area contributed by atoms with E-state index >= 15 is 0 Å². The second-order valence-electron chi connectivity index (χ2n) is 7.62. The third kappa shape index (κ3) is 22.9. The zero-order valence-electron chi connectivity index (χ0n) is 21.7. The summed E-state index contributed by atoms with van der Waals surface area (Å²) < 4.78 is 0. The molecular formula is C30H36Cl2P2Pt2. The molecule has 0 aliphatic heterocycles. The number of halogens is 2. The Bertz CT molecular complexity index is 861. The number of hydrogen-bond donors (Lipinski definition) is 0. The third-order valence-corrected chi connectivity index (χ3v) is 6.93. The summed E-state index contributed by atoms with van der Waals surface area (Å²) in [6, 6.07) is 42.9. The van der Waals surface area contributed by atoms with Crippen LogP contribution in [0.25, 0.3) is 0 Å². The molecule has 0 bridgehead atoms. The summed E-state index contributed by atoms with van der Waals surface area (Å²) in [4.78, 5) is 0. The van der Waals surface area contributed by atoms with E-state index in [2.05, 4.69) is 144 Å². The van der Waals surface area contributed by atoms with Crippen LogP contribution in [0.3, 0.4) is 0 Å². The SMILES string of the molecule is CP(C)c1ccccc1.CP(C)c1ccccc1.Cc1c[c-]ccc1.Cc1c[c-]ccc1.[Cl][Pt+].[Cl][Pt+]. The summed E-state index contributed by atoms with van der Waals surface area (Å²) in [5.41, 5.74) is 2.53. The van der Waals surface area contributed by atoms with E-state index in [1.807, 2.05) is 36.4 Å². The molecule has 4 aromatic rings. The molecule has 0 aliphatic carbocycles. The molecule has 200 valence electrons. The first-order valence-electron chi connectivity index (χ1n) is 10.9. The zero-order valence-corrected chi connectivity index (χ0v) is 29.5. The Labute approximate surface area is 253 Å². The average molecular weight is 920 g/mol. The Morgan fingerprint density at radius 2 is 0.806 bits per heavy atom. The van der Waals surface area contributed by atoms with Crippen LogP contribution in [0.2, 0.25) is 0 Å². The van der Waals surface area contributed by atoms with Gasteiger partial charge in [0.1, 0.15) is 0 Å². The molecular weight excluding hydrogens is 883 g/mol. The van der Waals surface area contributed by atoms with Gasteiger partial charge >= 0.3 is 56.4 Å². The summed E-state index contributed by atoms with van der Waals surface area (Å²) >= 11 is 3.22. The van der Waals surface area contributed by atoms with E-state index in [1.54, 1.807) is 37.5 Å². The van der Waals surface area contributed by atoms with Crippen LogP contribution in [-0.2, 0) is 37.5 Å². The van der Waals surface area contributed by atoms with Crippen molar-refractivity contribution in [2.24, 2.45) is 0 Å². The Kier molecular flexibility index (Phi) is 29.1. The van der Waals surface area contributed by atoms with Gasteiger partial charge in [0.05, 0.1) is 0 Å². The minimum atomic E-state index is 0.104. The van der Waals surface area contributed by atoms with Crippen molar-refractivity contribution in [3.8, 4) is 0 Å². The van der Waals surface area contributed by atoms with Crippen molar-refractivity contribution >= 4 is 45.3 Å². The minimum absolute atomic E-state index is 0.104. The van der Waals surface area contributed by atoms with Crippen LogP contribution in [0, 0.1) is 26.0 Å². The van der Waals surface area contributed by atoms with Gasteiger partial charge in [0.2, 0.25) is 0 Å². The van der Waals surface area contributed by atoms with Gasteiger partial charge in [-0.1, -0.05) is 90.4 Å². The van der Waals surface area contributed by atoms with Crippen molar-refractivity contribution in [1.82, 2.24) is 0 Å². The van der Waals surface area contributed by atoms with Gasteiger partial charge in [0, 0.05) is 0 Å².